The number of carbonyl (C=O) groups excluding carboxylic acids is 2. The van der Waals surface area contributed by atoms with Gasteiger partial charge in [-0.1, -0.05) is 13.0 Å². The second-order valence-corrected chi connectivity index (χ2v) is 8.25. The minimum atomic E-state index is -0.356. The standard InChI is InChI=1S/C27H26F2N2O2/c1-2-23-24(27(33)30-22-12-10-21(29)11-13-22)4-3-5-25(23)31-16-14-19(15-17-31)26(32)18-6-8-20(28)9-7-18/h3-13,19H,2,14-17H2,1H3,(H,30,33). The lowest BCUT2D eigenvalue weighted by molar-refractivity contribution is 0.0900. The van der Waals surface area contributed by atoms with Gasteiger partial charge in [0.2, 0.25) is 0 Å². The van der Waals surface area contributed by atoms with Gasteiger partial charge in [-0.05, 0) is 85.5 Å². The van der Waals surface area contributed by atoms with Gasteiger partial charge in [-0.2, -0.15) is 0 Å². The van der Waals surface area contributed by atoms with Crippen molar-refractivity contribution in [1.29, 1.82) is 0 Å². The summed E-state index contributed by atoms with van der Waals surface area (Å²) < 4.78 is 26.3. The monoisotopic (exact) mass is 448 g/mol. The van der Waals surface area contributed by atoms with E-state index in [0.29, 0.717) is 49.2 Å². The van der Waals surface area contributed by atoms with E-state index in [1.54, 1.807) is 18.2 Å². The van der Waals surface area contributed by atoms with Crippen LogP contribution in [-0.4, -0.2) is 24.8 Å². The molecule has 0 spiro atoms. The number of rotatable bonds is 6. The molecule has 0 aromatic heterocycles. The number of Topliss-reactive ketones (excluding diaryl/α,β-unsaturated/α-hetero) is 1. The van der Waals surface area contributed by atoms with E-state index in [1.165, 1.54) is 36.4 Å². The number of anilines is 2. The molecule has 0 bridgehead atoms. The lowest BCUT2D eigenvalue weighted by Crippen LogP contribution is -2.37. The van der Waals surface area contributed by atoms with Crippen LogP contribution in [0.25, 0.3) is 0 Å². The molecular weight excluding hydrogens is 422 g/mol. The van der Waals surface area contributed by atoms with E-state index < -0.39 is 0 Å². The van der Waals surface area contributed by atoms with Gasteiger partial charge in [-0.25, -0.2) is 8.78 Å². The number of hydrogen-bond acceptors (Lipinski definition) is 3. The average molecular weight is 449 g/mol. The van der Waals surface area contributed by atoms with Crippen LogP contribution >= 0.6 is 0 Å². The minimum absolute atomic E-state index is 0.0535. The quantitative estimate of drug-likeness (QED) is 0.479. The zero-order valence-corrected chi connectivity index (χ0v) is 18.5. The first kappa shape index (κ1) is 22.6. The summed E-state index contributed by atoms with van der Waals surface area (Å²) in [4.78, 5) is 28.0. The summed E-state index contributed by atoms with van der Waals surface area (Å²) in [6.45, 7) is 3.42. The van der Waals surface area contributed by atoms with Gasteiger partial charge in [0.05, 0.1) is 0 Å². The Morgan fingerprint density at radius 1 is 0.909 bits per heavy atom. The van der Waals surface area contributed by atoms with E-state index in [2.05, 4.69) is 10.2 Å². The zero-order valence-electron chi connectivity index (χ0n) is 18.5. The molecule has 170 valence electrons. The molecule has 33 heavy (non-hydrogen) atoms. The number of hydrogen-bond donors (Lipinski definition) is 1. The number of nitrogens with one attached hydrogen (secondary N) is 1. The van der Waals surface area contributed by atoms with Crippen molar-refractivity contribution >= 4 is 23.1 Å². The largest absolute Gasteiger partial charge is 0.371 e. The van der Waals surface area contributed by atoms with Gasteiger partial charge in [-0.3, -0.25) is 9.59 Å². The van der Waals surface area contributed by atoms with Crippen molar-refractivity contribution in [2.75, 3.05) is 23.3 Å². The number of halogens is 2. The summed E-state index contributed by atoms with van der Waals surface area (Å²) in [5.41, 5.74) is 3.61. The molecule has 0 unspecified atom stereocenters. The minimum Gasteiger partial charge on any atom is -0.371 e. The van der Waals surface area contributed by atoms with Gasteiger partial charge in [0.15, 0.2) is 5.78 Å². The molecule has 1 fully saturated rings. The maximum Gasteiger partial charge on any atom is 0.256 e. The summed E-state index contributed by atoms with van der Waals surface area (Å²) in [5.74, 6) is -0.983. The van der Waals surface area contributed by atoms with Gasteiger partial charge in [0.1, 0.15) is 11.6 Å². The first-order valence-electron chi connectivity index (χ1n) is 11.2. The lowest BCUT2D eigenvalue weighted by Gasteiger charge is -2.34. The van der Waals surface area contributed by atoms with Crippen molar-refractivity contribution in [3.8, 4) is 0 Å². The normalized spacial score (nSPS) is 14.2. The molecule has 1 aliphatic heterocycles. The molecule has 4 rings (SSSR count). The molecule has 0 radical (unpaired) electrons. The Balaban J connectivity index is 1.47. The Bertz CT molecular complexity index is 1140. The van der Waals surface area contributed by atoms with Crippen LogP contribution in [0.1, 0.15) is 46.0 Å². The number of nitrogens with zero attached hydrogens (tertiary/aromatic N) is 1. The van der Waals surface area contributed by atoms with Crippen LogP contribution in [0.5, 0.6) is 0 Å². The second-order valence-electron chi connectivity index (χ2n) is 8.25. The van der Waals surface area contributed by atoms with E-state index in [4.69, 9.17) is 0 Å². The molecule has 0 saturated carbocycles. The first-order chi connectivity index (χ1) is 16.0. The molecule has 6 heteroatoms. The maximum absolute atomic E-state index is 13.2. The summed E-state index contributed by atoms with van der Waals surface area (Å²) in [7, 11) is 0. The molecule has 4 nitrogen and oxygen atoms in total. The third-order valence-electron chi connectivity index (χ3n) is 6.19. The number of amides is 1. The molecule has 1 N–H and O–H groups in total. The van der Waals surface area contributed by atoms with Crippen LogP contribution in [0.3, 0.4) is 0 Å². The van der Waals surface area contributed by atoms with E-state index in [0.717, 1.165) is 11.3 Å². The SMILES string of the molecule is CCc1c(C(=O)Nc2ccc(F)cc2)cccc1N1CCC(C(=O)c2ccc(F)cc2)CC1. The van der Waals surface area contributed by atoms with Gasteiger partial charge < -0.3 is 10.2 Å². The topological polar surface area (TPSA) is 49.4 Å². The van der Waals surface area contributed by atoms with Crippen molar-refractivity contribution in [3.05, 3.63) is 95.1 Å². The Morgan fingerprint density at radius 3 is 2.12 bits per heavy atom. The van der Waals surface area contributed by atoms with Crippen LogP contribution in [0.4, 0.5) is 20.2 Å². The Kier molecular flexibility index (Phi) is 6.82. The Labute approximate surface area is 192 Å². The van der Waals surface area contributed by atoms with E-state index in [1.807, 2.05) is 19.1 Å². The highest BCUT2D eigenvalue weighted by Crippen LogP contribution is 2.31. The third kappa shape index (κ3) is 5.11. The predicted molar refractivity (Wildman–Crippen MR) is 126 cm³/mol. The lowest BCUT2D eigenvalue weighted by atomic mass is 9.88. The fraction of sp³-hybridized carbons (Fsp3) is 0.259. The highest BCUT2D eigenvalue weighted by molar-refractivity contribution is 6.06. The van der Waals surface area contributed by atoms with Crippen molar-refractivity contribution < 1.29 is 18.4 Å². The fourth-order valence-electron chi connectivity index (χ4n) is 4.42. The molecule has 0 aliphatic carbocycles. The second kappa shape index (κ2) is 9.94. The smallest absolute Gasteiger partial charge is 0.256 e. The Morgan fingerprint density at radius 2 is 1.52 bits per heavy atom. The summed E-state index contributed by atoms with van der Waals surface area (Å²) in [5, 5.41) is 2.84. The van der Waals surface area contributed by atoms with Crippen LogP contribution in [0.2, 0.25) is 0 Å². The third-order valence-corrected chi connectivity index (χ3v) is 6.19. The number of ketones is 1. The van der Waals surface area contributed by atoms with E-state index in [9.17, 15) is 18.4 Å². The van der Waals surface area contributed by atoms with E-state index >= 15 is 0 Å². The van der Waals surface area contributed by atoms with Gasteiger partial charge in [-0.15, -0.1) is 0 Å². The summed E-state index contributed by atoms with van der Waals surface area (Å²) >= 11 is 0. The number of benzene rings is 3. The van der Waals surface area contributed by atoms with Crippen molar-refractivity contribution in [2.45, 2.75) is 26.2 Å². The van der Waals surface area contributed by atoms with Crippen LogP contribution < -0.4 is 10.2 Å². The molecule has 3 aromatic rings. The maximum atomic E-state index is 13.2. The van der Waals surface area contributed by atoms with Crippen molar-refractivity contribution in [2.24, 2.45) is 5.92 Å². The van der Waals surface area contributed by atoms with E-state index in [-0.39, 0.29) is 29.2 Å². The molecule has 0 atom stereocenters. The molecule has 1 aliphatic rings. The average Bonchev–Trinajstić information content (AvgIpc) is 2.85. The molecule has 1 saturated heterocycles. The highest BCUT2D eigenvalue weighted by atomic mass is 19.1. The first-order valence-corrected chi connectivity index (χ1v) is 11.2. The number of carbonyl (C=O) groups is 2. The zero-order chi connectivity index (χ0) is 23.4. The highest BCUT2D eigenvalue weighted by Gasteiger charge is 2.27. The molecule has 1 heterocycles. The van der Waals surface area contributed by atoms with Gasteiger partial charge in [0, 0.05) is 41.5 Å². The molecular formula is C27H26F2N2O2. The number of piperidine rings is 1. The molecule has 1 amide bonds. The summed E-state index contributed by atoms with van der Waals surface area (Å²) in [6, 6.07) is 17.1. The molecule has 3 aromatic carbocycles. The summed E-state index contributed by atoms with van der Waals surface area (Å²) in [6.07, 6.45) is 2.08. The van der Waals surface area contributed by atoms with Gasteiger partial charge in [0.25, 0.3) is 5.91 Å². The van der Waals surface area contributed by atoms with Gasteiger partial charge >= 0.3 is 0 Å². The van der Waals surface area contributed by atoms with Crippen LogP contribution in [0.15, 0.2) is 66.7 Å². The van der Waals surface area contributed by atoms with Crippen molar-refractivity contribution in [1.82, 2.24) is 0 Å². The van der Waals surface area contributed by atoms with Crippen molar-refractivity contribution in [3.63, 3.8) is 0 Å². The Hall–Kier alpha value is -3.54. The van der Waals surface area contributed by atoms with Crippen LogP contribution in [0, 0.1) is 17.6 Å². The predicted octanol–water partition coefficient (Wildman–Crippen LogP) is 5.88. The fourth-order valence-corrected chi connectivity index (χ4v) is 4.42. The van der Waals surface area contributed by atoms with Crippen LogP contribution in [-0.2, 0) is 6.42 Å².